The SMILES string of the molecule is CC(C)(C)CCNC(=O)CCCCCN1C(=O)C=CC1=O. The highest BCUT2D eigenvalue weighted by Crippen LogP contribution is 2.17. The maximum Gasteiger partial charge on any atom is 0.253 e. The largest absolute Gasteiger partial charge is 0.356 e. The fourth-order valence-corrected chi connectivity index (χ4v) is 2.05. The van der Waals surface area contributed by atoms with Gasteiger partial charge in [-0.05, 0) is 24.7 Å². The lowest BCUT2D eigenvalue weighted by Gasteiger charge is -2.18. The first kappa shape index (κ1) is 17.4. The van der Waals surface area contributed by atoms with Crippen molar-refractivity contribution >= 4 is 17.7 Å². The van der Waals surface area contributed by atoms with Gasteiger partial charge < -0.3 is 5.32 Å². The highest BCUT2D eigenvalue weighted by Gasteiger charge is 2.22. The van der Waals surface area contributed by atoms with Crippen molar-refractivity contribution in [1.29, 1.82) is 0 Å². The number of imide groups is 1. The summed E-state index contributed by atoms with van der Waals surface area (Å²) in [5.41, 5.74) is 0.232. The molecule has 1 rings (SSSR count). The number of unbranched alkanes of at least 4 members (excludes halogenated alkanes) is 2. The highest BCUT2D eigenvalue weighted by atomic mass is 16.2. The lowest BCUT2D eigenvalue weighted by atomic mass is 9.92. The summed E-state index contributed by atoms with van der Waals surface area (Å²) in [4.78, 5) is 35.5. The number of hydrogen-bond acceptors (Lipinski definition) is 3. The number of amides is 3. The number of nitrogens with zero attached hydrogens (tertiary/aromatic N) is 1. The molecule has 1 N–H and O–H groups in total. The minimum Gasteiger partial charge on any atom is -0.356 e. The fraction of sp³-hybridized carbons (Fsp3) is 0.688. The Balaban J connectivity index is 2.02. The molecule has 0 spiro atoms. The fourth-order valence-electron chi connectivity index (χ4n) is 2.05. The van der Waals surface area contributed by atoms with E-state index in [1.807, 2.05) is 0 Å². The summed E-state index contributed by atoms with van der Waals surface area (Å²) in [6, 6.07) is 0. The van der Waals surface area contributed by atoms with E-state index in [9.17, 15) is 14.4 Å². The molecule has 5 nitrogen and oxygen atoms in total. The van der Waals surface area contributed by atoms with E-state index in [-0.39, 0.29) is 23.1 Å². The molecular formula is C16H26N2O3. The summed E-state index contributed by atoms with van der Waals surface area (Å²) >= 11 is 0. The van der Waals surface area contributed by atoms with Crippen molar-refractivity contribution in [2.75, 3.05) is 13.1 Å². The van der Waals surface area contributed by atoms with Gasteiger partial charge in [-0.3, -0.25) is 19.3 Å². The van der Waals surface area contributed by atoms with Crippen molar-refractivity contribution in [1.82, 2.24) is 10.2 Å². The van der Waals surface area contributed by atoms with E-state index in [0.717, 1.165) is 25.7 Å². The average Bonchev–Trinajstić information content (AvgIpc) is 2.68. The van der Waals surface area contributed by atoms with E-state index in [1.165, 1.54) is 17.1 Å². The number of hydrogen-bond donors (Lipinski definition) is 1. The van der Waals surface area contributed by atoms with Crippen LogP contribution in [-0.2, 0) is 14.4 Å². The molecule has 118 valence electrons. The van der Waals surface area contributed by atoms with Crippen LogP contribution >= 0.6 is 0 Å². The maximum absolute atomic E-state index is 11.6. The van der Waals surface area contributed by atoms with Crippen molar-refractivity contribution in [2.45, 2.75) is 52.9 Å². The van der Waals surface area contributed by atoms with Crippen LogP contribution in [0.25, 0.3) is 0 Å². The van der Waals surface area contributed by atoms with Gasteiger partial charge in [0.15, 0.2) is 0 Å². The Labute approximate surface area is 126 Å². The zero-order chi connectivity index (χ0) is 15.9. The summed E-state index contributed by atoms with van der Waals surface area (Å²) in [5.74, 6) is -0.394. The van der Waals surface area contributed by atoms with Crippen molar-refractivity contribution in [3.63, 3.8) is 0 Å². The second kappa shape index (κ2) is 7.96. The third-order valence-corrected chi connectivity index (χ3v) is 3.38. The van der Waals surface area contributed by atoms with Gasteiger partial charge in [0.1, 0.15) is 0 Å². The van der Waals surface area contributed by atoms with Gasteiger partial charge in [-0.2, -0.15) is 0 Å². The molecule has 1 aliphatic rings. The molecule has 0 aromatic carbocycles. The zero-order valence-electron chi connectivity index (χ0n) is 13.3. The molecule has 0 atom stereocenters. The second-order valence-electron chi connectivity index (χ2n) is 6.63. The molecule has 5 heteroatoms. The molecule has 0 saturated heterocycles. The lowest BCUT2D eigenvalue weighted by Crippen LogP contribution is -2.31. The third kappa shape index (κ3) is 7.06. The van der Waals surface area contributed by atoms with Gasteiger partial charge in [-0.1, -0.05) is 27.2 Å². The third-order valence-electron chi connectivity index (χ3n) is 3.38. The van der Waals surface area contributed by atoms with Crippen LogP contribution in [-0.4, -0.2) is 35.7 Å². The van der Waals surface area contributed by atoms with Gasteiger partial charge >= 0.3 is 0 Å². The van der Waals surface area contributed by atoms with Gasteiger partial charge in [0.2, 0.25) is 5.91 Å². The summed E-state index contributed by atoms with van der Waals surface area (Å²) < 4.78 is 0. The van der Waals surface area contributed by atoms with Crippen molar-refractivity contribution in [3.8, 4) is 0 Å². The first-order valence-corrected chi connectivity index (χ1v) is 7.60. The van der Waals surface area contributed by atoms with Crippen LogP contribution in [0.5, 0.6) is 0 Å². The normalized spacial score (nSPS) is 14.9. The Morgan fingerprint density at radius 1 is 1.10 bits per heavy atom. The number of carbonyl (C=O) groups excluding carboxylic acids is 3. The molecular weight excluding hydrogens is 268 g/mol. The summed E-state index contributed by atoms with van der Waals surface area (Å²) in [6.45, 7) is 7.60. The Morgan fingerprint density at radius 2 is 1.71 bits per heavy atom. The van der Waals surface area contributed by atoms with Crippen LogP contribution in [0.3, 0.4) is 0 Å². The monoisotopic (exact) mass is 294 g/mol. The van der Waals surface area contributed by atoms with E-state index in [2.05, 4.69) is 26.1 Å². The Morgan fingerprint density at radius 3 is 2.29 bits per heavy atom. The van der Waals surface area contributed by atoms with Crippen LogP contribution in [0.15, 0.2) is 12.2 Å². The van der Waals surface area contributed by atoms with Crippen molar-refractivity contribution < 1.29 is 14.4 Å². The Bertz CT molecular complexity index is 404. The van der Waals surface area contributed by atoms with Gasteiger partial charge in [-0.25, -0.2) is 0 Å². The van der Waals surface area contributed by atoms with Crippen LogP contribution in [0.2, 0.25) is 0 Å². The van der Waals surface area contributed by atoms with E-state index >= 15 is 0 Å². The topological polar surface area (TPSA) is 66.5 Å². The Kier molecular flexibility index (Phi) is 6.59. The molecule has 0 aromatic heterocycles. The first-order valence-electron chi connectivity index (χ1n) is 7.60. The van der Waals surface area contributed by atoms with Gasteiger partial charge in [-0.15, -0.1) is 0 Å². The molecule has 0 bridgehead atoms. The second-order valence-corrected chi connectivity index (χ2v) is 6.63. The predicted molar refractivity (Wildman–Crippen MR) is 81.4 cm³/mol. The minimum absolute atomic E-state index is 0.0780. The van der Waals surface area contributed by atoms with Crippen molar-refractivity contribution in [3.05, 3.63) is 12.2 Å². The van der Waals surface area contributed by atoms with Crippen LogP contribution in [0.1, 0.15) is 52.9 Å². The van der Waals surface area contributed by atoms with E-state index < -0.39 is 0 Å². The lowest BCUT2D eigenvalue weighted by molar-refractivity contribution is -0.136. The average molecular weight is 294 g/mol. The number of nitrogens with one attached hydrogen (secondary N) is 1. The number of rotatable bonds is 8. The standard InChI is InChI=1S/C16H26N2O3/c1-16(2,3)10-11-17-13(19)7-5-4-6-12-18-14(20)8-9-15(18)21/h8-9H,4-7,10-12H2,1-3H3,(H,17,19). The van der Waals surface area contributed by atoms with E-state index in [4.69, 9.17) is 0 Å². The van der Waals surface area contributed by atoms with E-state index in [0.29, 0.717) is 19.5 Å². The minimum atomic E-state index is -0.236. The molecule has 0 saturated carbocycles. The highest BCUT2D eigenvalue weighted by molar-refractivity contribution is 6.12. The van der Waals surface area contributed by atoms with Crippen LogP contribution in [0.4, 0.5) is 0 Å². The summed E-state index contributed by atoms with van der Waals surface area (Å²) in [7, 11) is 0. The molecule has 3 amide bonds. The smallest absolute Gasteiger partial charge is 0.253 e. The van der Waals surface area contributed by atoms with E-state index in [1.54, 1.807) is 0 Å². The van der Waals surface area contributed by atoms with Gasteiger partial charge in [0, 0.05) is 31.7 Å². The summed E-state index contributed by atoms with van der Waals surface area (Å²) in [6.07, 6.45) is 6.42. The van der Waals surface area contributed by atoms with Crippen LogP contribution < -0.4 is 5.32 Å². The Hall–Kier alpha value is -1.65. The quantitative estimate of drug-likeness (QED) is 0.550. The summed E-state index contributed by atoms with van der Waals surface area (Å²) in [5, 5.41) is 2.92. The molecule has 21 heavy (non-hydrogen) atoms. The molecule has 0 fully saturated rings. The molecule has 0 aromatic rings. The molecule has 1 aliphatic heterocycles. The zero-order valence-corrected chi connectivity index (χ0v) is 13.3. The molecule has 0 aliphatic carbocycles. The van der Waals surface area contributed by atoms with Crippen molar-refractivity contribution in [2.24, 2.45) is 5.41 Å². The molecule has 1 heterocycles. The molecule has 0 unspecified atom stereocenters. The maximum atomic E-state index is 11.6. The number of carbonyl (C=O) groups is 3. The predicted octanol–water partition coefficient (Wildman–Crippen LogP) is 2.02. The first-order chi connectivity index (χ1) is 9.79. The van der Waals surface area contributed by atoms with Gasteiger partial charge in [0.25, 0.3) is 11.8 Å². The van der Waals surface area contributed by atoms with Gasteiger partial charge in [0.05, 0.1) is 0 Å². The van der Waals surface area contributed by atoms with Crippen LogP contribution in [0, 0.1) is 5.41 Å². The molecule has 0 radical (unpaired) electrons.